The van der Waals surface area contributed by atoms with Crippen molar-refractivity contribution in [2.45, 2.75) is 26.7 Å². The Morgan fingerprint density at radius 3 is 2.56 bits per heavy atom. The molecule has 52 valence electrons. The van der Waals surface area contributed by atoms with Crippen molar-refractivity contribution in [1.29, 1.82) is 0 Å². The molecule has 0 radical (unpaired) electrons. The molecule has 0 aliphatic carbocycles. The number of piperidine rings is 1. The minimum absolute atomic E-state index is 0.389. The zero-order valence-electron chi connectivity index (χ0n) is 6.35. The van der Waals surface area contributed by atoms with E-state index in [0.29, 0.717) is 5.41 Å². The molecule has 1 aliphatic rings. The van der Waals surface area contributed by atoms with Gasteiger partial charge in [0, 0.05) is 13.0 Å². The van der Waals surface area contributed by atoms with Crippen molar-refractivity contribution in [2.75, 3.05) is 6.54 Å². The van der Waals surface area contributed by atoms with E-state index in [-0.39, 0.29) is 0 Å². The van der Waals surface area contributed by atoms with E-state index >= 15 is 0 Å². The van der Waals surface area contributed by atoms with Gasteiger partial charge in [0.2, 0.25) is 0 Å². The van der Waals surface area contributed by atoms with Gasteiger partial charge in [0.1, 0.15) is 6.54 Å². The summed E-state index contributed by atoms with van der Waals surface area (Å²) in [5.74, 6) is 0. The Hall–Kier alpha value is -0.460. The maximum Gasteiger partial charge on any atom is 0.115 e. The van der Waals surface area contributed by atoms with E-state index in [9.17, 15) is 0 Å². The van der Waals surface area contributed by atoms with Crippen molar-refractivity contribution in [1.82, 2.24) is 0 Å². The summed E-state index contributed by atoms with van der Waals surface area (Å²) in [6.45, 7) is 11.7. The van der Waals surface area contributed by atoms with E-state index in [4.69, 9.17) is 0 Å². The molecule has 0 aromatic carbocycles. The minimum atomic E-state index is 0.389. The molecular formula is C8H15N. The Morgan fingerprint density at radius 1 is 1.56 bits per heavy atom. The van der Waals surface area contributed by atoms with Gasteiger partial charge in [-0.1, -0.05) is 13.8 Å². The lowest BCUT2D eigenvalue weighted by Crippen LogP contribution is -2.27. The highest BCUT2D eigenvalue weighted by Crippen LogP contribution is 2.29. The fourth-order valence-electron chi connectivity index (χ4n) is 1.36. The van der Waals surface area contributed by atoms with Crippen molar-refractivity contribution >= 4 is 6.72 Å². The molecule has 1 fully saturated rings. The highest BCUT2D eigenvalue weighted by Gasteiger charge is 2.21. The maximum atomic E-state index is 3.87. The monoisotopic (exact) mass is 125 g/mol. The number of nitrogens with zero attached hydrogens (tertiary/aromatic N) is 1. The zero-order valence-corrected chi connectivity index (χ0v) is 6.35. The van der Waals surface area contributed by atoms with Gasteiger partial charge >= 0.3 is 0 Å². The molecule has 1 heteroatoms. The Labute approximate surface area is 57.4 Å². The van der Waals surface area contributed by atoms with Crippen LogP contribution in [0.1, 0.15) is 26.7 Å². The Morgan fingerprint density at radius 2 is 2.22 bits per heavy atom. The Bertz CT molecular complexity index is 125. The van der Waals surface area contributed by atoms with E-state index in [1.54, 1.807) is 0 Å². The standard InChI is InChI=1S/C8H15N/c1-8(2)5-4-6-9(3)7-8/h7H,3-6H2,1-2H3. The molecule has 9 heavy (non-hydrogen) atoms. The van der Waals surface area contributed by atoms with Crippen LogP contribution in [-0.2, 0) is 0 Å². The molecule has 1 nitrogen and oxygen atoms in total. The van der Waals surface area contributed by atoms with Crippen molar-refractivity contribution in [3.63, 3.8) is 0 Å². The summed E-state index contributed by atoms with van der Waals surface area (Å²) in [7, 11) is 0. The van der Waals surface area contributed by atoms with Crippen LogP contribution in [0.25, 0.3) is 0 Å². The highest BCUT2D eigenvalue weighted by atomic mass is 15.0. The normalized spacial score (nSPS) is 25.3. The molecule has 0 bridgehead atoms. The van der Waals surface area contributed by atoms with Gasteiger partial charge in [0.25, 0.3) is 0 Å². The fraction of sp³-hybridized carbons (Fsp3) is 0.750. The molecule has 1 saturated heterocycles. The number of hydrogen-bond acceptors (Lipinski definition) is 0. The van der Waals surface area contributed by atoms with Gasteiger partial charge in [-0.05, 0) is 18.6 Å². The van der Waals surface area contributed by atoms with E-state index < -0.39 is 0 Å². The summed E-state index contributed by atoms with van der Waals surface area (Å²) in [4.78, 5) is 0. The third-order valence-corrected chi connectivity index (χ3v) is 1.80. The van der Waals surface area contributed by atoms with E-state index in [0.717, 1.165) is 6.54 Å². The second kappa shape index (κ2) is 2.05. The fourth-order valence-corrected chi connectivity index (χ4v) is 1.36. The summed E-state index contributed by atoms with van der Waals surface area (Å²) >= 11 is 0. The molecule has 1 heterocycles. The maximum absolute atomic E-state index is 3.87. The van der Waals surface area contributed by atoms with Crippen molar-refractivity contribution < 1.29 is 4.58 Å². The van der Waals surface area contributed by atoms with Gasteiger partial charge in [-0.3, -0.25) is 0 Å². The van der Waals surface area contributed by atoms with Crippen LogP contribution >= 0.6 is 0 Å². The molecule has 0 amide bonds. The molecule has 1 aliphatic heterocycles. The molecule has 0 aromatic rings. The van der Waals surface area contributed by atoms with Crippen LogP contribution in [0.2, 0.25) is 0 Å². The third-order valence-electron chi connectivity index (χ3n) is 1.80. The summed E-state index contributed by atoms with van der Waals surface area (Å²) in [5.41, 5.74) is 0.389. The second-order valence-electron chi connectivity index (χ2n) is 3.53. The first-order valence-corrected chi connectivity index (χ1v) is 3.53. The van der Waals surface area contributed by atoms with Crippen LogP contribution in [0, 0.1) is 12.0 Å². The quantitative estimate of drug-likeness (QED) is 0.342. The van der Waals surface area contributed by atoms with Crippen LogP contribution in [0.4, 0.5) is 0 Å². The lowest BCUT2D eigenvalue weighted by atomic mass is 9.85. The average Bonchev–Trinajstić information content (AvgIpc) is 1.60. The van der Waals surface area contributed by atoms with E-state index in [1.807, 2.05) is 4.58 Å². The zero-order chi connectivity index (χ0) is 6.91. The van der Waals surface area contributed by atoms with Crippen molar-refractivity contribution in [2.24, 2.45) is 5.41 Å². The summed E-state index contributed by atoms with van der Waals surface area (Å²) < 4.78 is 2.05. The topological polar surface area (TPSA) is 3.01 Å². The molecule has 0 aromatic heterocycles. The van der Waals surface area contributed by atoms with Gasteiger partial charge < -0.3 is 4.58 Å². The third kappa shape index (κ3) is 1.74. The first-order chi connectivity index (χ1) is 4.10. The highest BCUT2D eigenvalue weighted by molar-refractivity contribution is 5.15. The lowest BCUT2D eigenvalue weighted by molar-refractivity contribution is -0.503. The first-order valence-electron chi connectivity index (χ1n) is 3.53. The SMILES string of the molecule is C=[N+]1[CH-]C(C)(C)CCC1. The predicted octanol–water partition coefficient (Wildman–Crippen LogP) is 1.68. The van der Waals surface area contributed by atoms with Crippen molar-refractivity contribution in [3.8, 4) is 0 Å². The van der Waals surface area contributed by atoms with Crippen LogP contribution < -0.4 is 0 Å². The molecule has 0 atom stereocenters. The Balaban J connectivity index is 2.51. The predicted molar refractivity (Wildman–Crippen MR) is 39.6 cm³/mol. The molecule has 0 N–H and O–H groups in total. The smallest absolute Gasteiger partial charge is 0.115 e. The minimum Gasteiger partial charge on any atom is -0.371 e. The molecule has 0 unspecified atom stereocenters. The van der Waals surface area contributed by atoms with Gasteiger partial charge in [-0.25, -0.2) is 0 Å². The van der Waals surface area contributed by atoms with E-state index in [1.165, 1.54) is 12.8 Å². The van der Waals surface area contributed by atoms with Gasteiger partial charge in [-0.15, -0.1) is 0 Å². The average molecular weight is 125 g/mol. The molecule has 1 rings (SSSR count). The lowest BCUT2D eigenvalue weighted by Gasteiger charge is -2.31. The largest absolute Gasteiger partial charge is 0.371 e. The molecule has 0 spiro atoms. The van der Waals surface area contributed by atoms with Crippen molar-refractivity contribution in [3.05, 3.63) is 6.54 Å². The van der Waals surface area contributed by atoms with Crippen LogP contribution in [0.15, 0.2) is 0 Å². The van der Waals surface area contributed by atoms with Gasteiger partial charge in [0.15, 0.2) is 0 Å². The van der Waals surface area contributed by atoms with E-state index in [2.05, 4.69) is 27.1 Å². The number of rotatable bonds is 0. The Kier molecular flexibility index (Phi) is 1.52. The summed E-state index contributed by atoms with van der Waals surface area (Å²) in [6.07, 6.45) is 2.59. The second-order valence-corrected chi connectivity index (χ2v) is 3.53. The van der Waals surface area contributed by atoms with Gasteiger partial charge in [0.05, 0.1) is 0 Å². The summed E-state index contributed by atoms with van der Waals surface area (Å²) in [5, 5.41) is 0. The van der Waals surface area contributed by atoms with Crippen LogP contribution in [0.5, 0.6) is 0 Å². The molecular weight excluding hydrogens is 110 g/mol. The summed E-state index contributed by atoms with van der Waals surface area (Å²) in [6, 6.07) is 0. The molecule has 0 saturated carbocycles. The van der Waals surface area contributed by atoms with Crippen LogP contribution in [0.3, 0.4) is 0 Å². The van der Waals surface area contributed by atoms with Gasteiger partial charge in [-0.2, -0.15) is 0 Å². The van der Waals surface area contributed by atoms with Crippen LogP contribution in [-0.4, -0.2) is 17.8 Å². The number of hydrogen-bond donors (Lipinski definition) is 0. The first kappa shape index (κ1) is 6.66.